The molecule has 1 heterocycles. The molecule has 1 unspecified atom stereocenters. The summed E-state index contributed by atoms with van der Waals surface area (Å²) in [6, 6.07) is 0.521. The lowest BCUT2D eigenvalue weighted by atomic mass is 10.1. The lowest BCUT2D eigenvalue weighted by Gasteiger charge is -2.19. The lowest BCUT2D eigenvalue weighted by Crippen LogP contribution is -2.35. The summed E-state index contributed by atoms with van der Waals surface area (Å²) >= 11 is 0. The fourth-order valence-corrected chi connectivity index (χ4v) is 1.30. The highest BCUT2D eigenvalue weighted by Crippen LogP contribution is 2.11. The molecule has 0 fully saturated rings. The van der Waals surface area contributed by atoms with Crippen molar-refractivity contribution in [2.24, 2.45) is 0 Å². The average Bonchev–Trinajstić information content (AvgIpc) is 2.65. The summed E-state index contributed by atoms with van der Waals surface area (Å²) in [6.07, 6.45) is 2.01. The highest BCUT2D eigenvalue weighted by atomic mass is 15.4. The highest BCUT2D eigenvalue weighted by molar-refractivity contribution is 4.94. The molecule has 1 aromatic rings. The van der Waals surface area contributed by atoms with Crippen LogP contribution in [0.3, 0.4) is 0 Å². The number of hydrogen-bond donors (Lipinski definition) is 1. The molecule has 1 N–H and O–H groups in total. The molecule has 0 radical (unpaired) electrons. The van der Waals surface area contributed by atoms with Crippen LogP contribution in [0.25, 0.3) is 0 Å². The van der Waals surface area contributed by atoms with Gasteiger partial charge in [0.15, 0.2) is 0 Å². The zero-order valence-electron chi connectivity index (χ0n) is 11.9. The van der Waals surface area contributed by atoms with Crippen LogP contribution in [0.1, 0.15) is 33.4 Å². The summed E-state index contributed by atoms with van der Waals surface area (Å²) in [6.45, 7) is 10.3. The maximum Gasteiger partial charge on any atom is 0.0965 e. The van der Waals surface area contributed by atoms with Gasteiger partial charge in [-0.05, 0) is 41.8 Å². The molecule has 0 bridgehead atoms. The van der Waals surface area contributed by atoms with Crippen molar-refractivity contribution in [3.63, 3.8) is 0 Å². The van der Waals surface area contributed by atoms with Gasteiger partial charge < -0.3 is 10.2 Å². The Labute approximate surface area is 104 Å². The van der Waals surface area contributed by atoms with Crippen LogP contribution in [0.15, 0.2) is 6.20 Å². The molecule has 0 saturated heterocycles. The van der Waals surface area contributed by atoms with E-state index in [1.807, 2.05) is 10.9 Å². The van der Waals surface area contributed by atoms with Crippen LogP contribution in [-0.2, 0) is 12.1 Å². The van der Waals surface area contributed by atoms with Crippen LogP contribution in [0.2, 0.25) is 0 Å². The second-order valence-electron chi connectivity index (χ2n) is 5.77. The van der Waals surface area contributed by atoms with Crippen molar-refractivity contribution >= 4 is 0 Å². The third-order valence-corrected chi connectivity index (χ3v) is 2.86. The van der Waals surface area contributed by atoms with E-state index in [9.17, 15) is 0 Å². The highest BCUT2D eigenvalue weighted by Gasteiger charge is 2.14. The molecule has 0 saturated carbocycles. The first kappa shape index (κ1) is 14.1. The van der Waals surface area contributed by atoms with Gasteiger partial charge in [0.25, 0.3) is 0 Å². The lowest BCUT2D eigenvalue weighted by molar-refractivity contribution is 0.302. The minimum absolute atomic E-state index is 0.00216. The monoisotopic (exact) mass is 239 g/mol. The quantitative estimate of drug-likeness (QED) is 0.835. The summed E-state index contributed by atoms with van der Waals surface area (Å²) < 4.78 is 1.90. The predicted molar refractivity (Wildman–Crippen MR) is 69.9 cm³/mol. The Bertz CT molecular complexity index is 337. The molecule has 0 aromatic carbocycles. The summed E-state index contributed by atoms with van der Waals surface area (Å²) in [5, 5.41) is 11.7. The van der Waals surface area contributed by atoms with Crippen LogP contribution in [0.5, 0.6) is 0 Å². The molecule has 0 aliphatic rings. The van der Waals surface area contributed by atoms with Crippen LogP contribution in [-0.4, -0.2) is 46.6 Å². The minimum Gasteiger partial charge on any atom is -0.310 e. The molecular formula is C12H25N5. The van der Waals surface area contributed by atoms with Crippen molar-refractivity contribution in [3.05, 3.63) is 11.9 Å². The van der Waals surface area contributed by atoms with Crippen molar-refractivity contribution in [1.29, 1.82) is 0 Å². The van der Waals surface area contributed by atoms with E-state index in [0.29, 0.717) is 6.04 Å². The average molecular weight is 239 g/mol. The molecule has 0 aliphatic carbocycles. The molecule has 17 heavy (non-hydrogen) atoms. The van der Waals surface area contributed by atoms with Crippen molar-refractivity contribution in [2.75, 3.05) is 20.6 Å². The largest absolute Gasteiger partial charge is 0.310 e. The van der Waals surface area contributed by atoms with Gasteiger partial charge in [-0.1, -0.05) is 5.21 Å². The van der Waals surface area contributed by atoms with Crippen molar-refractivity contribution in [1.82, 2.24) is 25.2 Å². The van der Waals surface area contributed by atoms with E-state index in [1.165, 1.54) is 0 Å². The summed E-state index contributed by atoms with van der Waals surface area (Å²) in [7, 11) is 4.17. The molecular weight excluding hydrogens is 214 g/mol. The third-order valence-electron chi connectivity index (χ3n) is 2.86. The maximum atomic E-state index is 4.16. The summed E-state index contributed by atoms with van der Waals surface area (Å²) in [5.74, 6) is 0. The minimum atomic E-state index is 0.00216. The Hall–Kier alpha value is -0.940. The van der Waals surface area contributed by atoms with E-state index < -0.39 is 0 Å². The Morgan fingerprint density at radius 1 is 1.41 bits per heavy atom. The molecule has 98 valence electrons. The number of rotatable bonds is 5. The first-order chi connectivity index (χ1) is 7.80. The zero-order chi connectivity index (χ0) is 13.1. The van der Waals surface area contributed by atoms with Crippen molar-refractivity contribution in [3.8, 4) is 0 Å². The van der Waals surface area contributed by atoms with E-state index in [-0.39, 0.29) is 5.54 Å². The first-order valence-electron chi connectivity index (χ1n) is 6.09. The Balaban J connectivity index is 2.41. The van der Waals surface area contributed by atoms with Gasteiger partial charge in [0, 0.05) is 19.1 Å². The van der Waals surface area contributed by atoms with Gasteiger partial charge in [-0.2, -0.15) is 0 Å². The Kier molecular flexibility index (Phi) is 4.65. The number of aromatic nitrogens is 3. The van der Waals surface area contributed by atoms with Gasteiger partial charge in [0.2, 0.25) is 0 Å². The number of hydrogen-bond acceptors (Lipinski definition) is 4. The zero-order valence-corrected chi connectivity index (χ0v) is 11.9. The molecule has 0 aliphatic heterocycles. The van der Waals surface area contributed by atoms with Gasteiger partial charge in [0.1, 0.15) is 0 Å². The SMILES string of the molecule is CC(CNCc1cn(C(C)(C)C)nn1)N(C)C. The van der Waals surface area contributed by atoms with E-state index in [4.69, 9.17) is 0 Å². The van der Waals surface area contributed by atoms with Crippen LogP contribution in [0.4, 0.5) is 0 Å². The van der Waals surface area contributed by atoms with E-state index in [2.05, 4.69) is 62.3 Å². The normalized spacial score (nSPS) is 14.3. The predicted octanol–water partition coefficient (Wildman–Crippen LogP) is 1.07. The second kappa shape index (κ2) is 5.60. The maximum absolute atomic E-state index is 4.16. The molecule has 5 nitrogen and oxygen atoms in total. The van der Waals surface area contributed by atoms with Gasteiger partial charge in [-0.15, -0.1) is 5.10 Å². The molecule has 5 heteroatoms. The second-order valence-corrected chi connectivity index (χ2v) is 5.77. The van der Waals surface area contributed by atoms with Gasteiger partial charge in [-0.3, -0.25) is 0 Å². The Morgan fingerprint density at radius 2 is 2.06 bits per heavy atom. The summed E-state index contributed by atoms with van der Waals surface area (Å²) in [4.78, 5) is 2.19. The van der Waals surface area contributed by atoms with Gasteiger partial charge in [-0.25, -0.2) is 4.68 Å². The molecule has 0 amide bonds. The van der Waals surface area contributed by atoms with Crippen LogP contribution >= 0.6 is 0 Å². The number of nitrogens with one attached hydrogen (secondary N) is 1. The molecule has 1 atom stereocenters. The van der Waals surface area contributed by atoms with E-state index in [0.717, 1.165) is 18.8 Å². The van der Waals surface area contributed by atoms with Crippen LogP contribution in [0, 0.1) is 0 Å². The van der Waals surface area contributed by atoms with Crippen molar-refractivity contribution in [2.45, 2.75) is 45.8 Å². The van der Waals surface area contributed by atoms with E-state index in [1.54, 1.807) is 0 Å². The first-order valence-corrected chi connectivity index (χ1v) is 6.09. The van der Waals surface area contributed by atoms with E-state index >= 15 is 0 Å². The molecule has 1 aromatic heterocycles. The number of likely N-dealkylation sites (N-methyl/N-ethyl adjacent to an activating group) is 1. The van der Waals surface area contributed by atoms with Gasteiger partial charge >= 0.3 is 0 Å². The van der Waals surface area contributed by atoms with Gasteiger partial charge in [0.05, 0.1) is 17.4 Å². The number of nitrogens with zero attached hydrogens (tertiary/aromatic N) is 4. The molecule has 1 rings (SSSR count). The Morgan fingerprint density at radius 3 is 2.53 bits per heavy atom. The topological polar surface area (TPSA) is 46.0 Å². The third kappa shape index (κ3) is 4.44. The summed E-state index contributed by atoms with van der Waals surface area (Å²) in [5.41, 5.74) is 0.994. The smallest absolute Gasteiger partial charge is 0.0965 e. The molecule has 0 spiro atoms. The van der Waals surface area contributed by atoms with Crippen LogP contribution < -0.4 is 5.32 Å². The fourth-order valence-electron chi connectivity index (χ4n) is 1.30. The standard InChI is InChI=1S/C12H25N5/c1-10(16(5)6)7-13-8-11-9-17(15-14-11)12(2,3)4/h9-10,13H,7-8H2,1-6H3. The van der Waals surface area contributed by atoms with Crippen molar-refractivity contribution < 1.29 is 0 Å². The fraction of sp³-hybridized carbons (Fsp3) is 0.833.